The minimum Gasteiger partial charge on any atom is -0.318 e. The number of hydrogen-bond donors (Lipinski definition) is 1. The maximum Gasteiger partial charge on any atom is 0.247 e. The molecule has 2 N–H and O–H groups in total. The first-order valence-corrected chi connectivity index (χ1v) is 6.95. The lowest BCUT2D eigenvalue weighted by molar-refractivity contribution is -0.126. The van der Waals surface area contributed by atoms with Crippen LogP contribution in [-0.4, -0.2) is 11.9 Å². The number of β-lactam (4-membered cyclic amide) rings is 1. The zero-order chi connectivity index (χ0) is 14.1. The smallest absolute Gasteiger partial charge is 0.247 e. The normalized spacial score (nSPS) is 21.7. The second-order valence-electron chi connectivity index (χ2n) is 5.11. The molecule has 20 heavy (non-hydrogen) atoms. The Morgan fingerprint density at radius 3 is 2.30 bits per heavy atom. The zero-order valence-electron chi connectivity index (χ0n) is 11.5. The summed E-state index contributed by atoms with van der Waals surface area (Å²) in [4.78, 5) is 13.9. The van der Waals surface area contributed by atoms with Crippen molar-refractivity contribution in [3.8, 4) is 0 Å². The van der Waals surface area contributed by atoms with Gasteiger partial charge in [0, 0.05) is 5.69 Å². The quantitative estimate of drug-likeness (QED) is 0.868. The van der Waals surface area contributed by atoms with Crippen LogP contribution in [0.1, 0.15) is 24.1 Å². The molecule has 1 aliphatic heterocycles. The summed E-state index contributed by atoms with van der Waals surface area (Å²) in [7, 11) is 0. The maximum atomic E-state index is 12.1. The number of amides is 1. The molecule has 3 rings (SSSR count). The molecule has 0 spiro atoms. The fourth-order valence-electron chi connectivity index (χ4n) is 2.69. The monoisotopic (exact) mass is 266 g/mol. The van der Waals surface area contributed by atoms with Gasteiger partial charge in [-0.3, -0.25) is 4.79 Å². The van der Waals surface area contributed by atoms with Gasteiger partial charge in [0.25, 0.3) is 0 Å². The number of benzene rings is 2. The van der Waals surface area contributed by atoms with Crippen molar-refractivity contribution in [3.63, 3.8) is 0 Å². The van der Waals surface area contributed by atoms with Crippen molar-refractivity contribution in [1.29, 1.82) is 0 Å². The van der Waals surface area contributed by atoms with E-state index in [4.69, 9.17) is 5.73 Å². The van der Waals surface area contributed by atoms with Gasteiger partial charge in [0.1, 0.15) is 6.04 Å². The molecule has 2 atom stereocenters. The van der Waals surface area contributed by atoms with Gasteiger partial charge in [0.15, 0.2) is 0 Å². The molecule has 1 amide bonds. The van der Waals surface area contributed by atoms with E-state index in [1.807, 2.05) is 30.3 Å². The van der Waals surface area contributed by atoms with E-state index < -0.39 is 6.04 Å². The highest BCUT2D eigenvalue weighted by Crippen LogP contribution is 2.37. The van der Waals surface area contributed by atoms with Gasteiger partial charge in [0.2, 0.25) is 5.91 Å². The van der Waals surface area contributed by atoms with E-state index in [2.05, 4.69) is 31.2 Å². The summed E-state index contributed by atoms with van der Waals surface area (Å²) in [6, 6.07) is 17.6. The van der Waals surface area contributed by atoms with Crippen LogP contribution in [0.5, 0.6) is 0 Å². The highest BCUT2D eigenvalue weighted by molar-refractivity contribution is 6.05. The van der Waals surface area contributed by atoms with Gasteiger partial charge in [-0.25, -0.2) is 0 Å². The molecule has 2 aromatic carbocycles. The second-order valence-corrected chi connectivity index (χ2v) is 5.11. The van der Waals surface area contributed by atoms with E-state index in [0.717, 1.165) is 17.7 Å². The van der Waals surface area contributed by atoms with Crippen LogP contribution in [0.4, 0.5) is 5.69 Å². The topological polar surface area (TPSA) is 46.3 Å². The lowest BCUT2D eigenvalue weighted by Gasteiger charge is -2.45. The molecule has 1 heterocycles. The summed E-state index contributed by atoms with van der Waals surface area (Å²) in [6.07, 6.45) is 1.01. The Balaban J connectivity index is 1.92. The molecule has 3 nitrogen and oxygen atoms in total. The number of hydrogen-bond acceptors (Lipinski definition) is 2. The average Bonchev–Trinajstić information content (AvgIpc) is 2.52. The van der Waals surface area contributed by atoms with E-state index in [0.29, 0.717) is 0 Å². The average molecular weight is 266 g/mol. The molecule has 1 aliphatic rings. The van der Waals surface area contributed by atoms with Crippen LogP contribution >= 0.6 is 0 Å². The van der Waals surface area contributed by atoms with Crippen LogP contribution in [0.3, 0.4) is 0 Å². The highest BCUT2D eigenvalue weighted by Gasteiger charge is 2.46. The Bertz CT molecular complexity index is 607. The number of carbonyl (C=O) groups is 1. The van der Waals surface area contributed by atoms with Crippen LogP contribution in [-0.2, 0) is 11.2 Å². The van der Waals surface area contributed by atoms with Crippen molar-refractivity contribution in [2.45, 2.75) is 25.4 Å². The van der Waals surface area contributed by atoms with Crippen molar-refractivity contribution in [2.24, 2.45) is 5.73 Å². The first-order valence-electron chi connectivity index (χ1n) is 6.95. The summed E-state index contributed by atoms with van der Waals surface area (Å²) in [5.41, 5.74) is 9.30. The molecule has 0 bridgehead atoms. The predicted octanol–water partition coefficient (Wildman–Crippen LogP) is 2.66. The molecule has 0 radical (unpaired) electrons. The van der Waals surface area contributed by atoms with E-state index >= 15 is 0 Å². The van der Waals surface area contributed by atoms with Crippen LogP contribution in [0.25, 0.3) is 0 Å². The third kappa shape index (κ3) is 2.00. The number of anilines is 1. The Morgan fingerprint density at radius 1 is 1.05 bits per heavy atom. The van der Waals surface area contributed by atoms with Gasteiger partial charge in [0.05, 0.1) is 6.04 Å². The lowest BCUT2D eigenvalue weighted by Crippen LogP contribution is -2.63. The summed E-state index contributed by atoms with van der Waals surface area (Å²) < 4.78 is 0. The van der Waals surface area contributed by atoms with Crippen molar-refractivity contribution in [3.05, 3.63) is 65.7 Å². The van der Waals surface area contributed by atoms with E-state index in [9.17, 15) is 4.79 Å². The van der Waals surface area contributed by atoms with E-state index in [1.165, 1.54) is 5.56 Å². The zero-order valence-corrected chi connectivity index (χ0v) is 11.5. The summed E-state index contributed by atoms with van der Waals surface area (Å²) in [5.74, 6) is -0.0132. The molecular weight excluding hydrogens is 248 g/mol. The third-order valence-corrected chi connectivity index (χ3v) is 3.90. The van der Waals surface area contributed by atoms with Crippen LogP contribution in [0.15, 0.2) is 54.6 Å². The Kier molecular flexibility index (Phi) is 3.28. The molecule has 0 unspecified atom stereocenters. The Morgan fingerprint density at radius 2 is 1.70 bits per heavy atom. The maximum absolute atomic E-state index is 12.1. The van der Waals surface area contributed by atoms with E-state index in [-0.39, 0.29) is 11.9 Å². The van der Waals surface area contributed by atoms with Crippen molar-refractivity contribution < 1.29 is 4.79 Å². The molecule has 102 valence electrons. The number of para-hydroxylation sites is 1. The Labute approximate surface area is 119 Å². The Hall–Kier alpha value is -2.13. The molecule has 1 fully saturated rings. The molecule has 3 heteroatoms. The SMILES string of the molecule is CCc1ccc([C@@H]2[C@H](N)C(=O)N2c2ccccc2)cc1. The molecular formula is C17H18N2O. The van der Waals surface area contributed by atoms with Gasteiger partial charge in [-0.1, -0.05) is 49.4 Å². The fourth-order valence-corrected chi connectivity index (χ4v) is 2.69. The molecule has 1 saturated heterocycles. The minimum absolute atomic E-state index is 0.0132. The molecule has 2 aromatic rings. The summed E-state index contributed by atoms with van der Waals surface area (Å²) in [6.45, 7) is 2.13. The summed E-state index contributed by atoms with van der Waals surface area (Å²) >= 11 is 0. The largest absolute Gasteiger partial charge is 0.318 e. The van der Waals surface area contributed by atoms with Crippen LogP contribution in [0, 0.1) is 0 Å². The van der Waals surface area contributed by atoms with Crippen molar-refractivity contribution >= 4 is 11.6 Å². The van der Waals surface area contributed by atoms with Crippen LogP contribution < -0.4 is 10.6 Å². The standard InChI is InChI=1S/C17H18N2O/c1-2-12-8-10-13(11-9-12)16-15(18)17(20)19(16)14-6-4-3-5-7-14/h3-11,15-16H,2,18H2,1H3/t15-,16+/m0/s1. The number of rotatable bonds is 3. The van der Waals surface area contributed by atoms with Crippen LogP contribution in [0.2, 0.25) is 0 Å². The fraction of sp³-hybridized carbons (Fsp3) is 0.235. The predicted molar refractivity (Wildman–Crippen MR) is 80.5 cm³/mol. The molecule has 0 aliphatic carbocycles. The number of nitrogens with zero attached hydrogens (tertiary/aromatic N) is 1. The third-order valence-electron chi connectivity index (χ3n) is 3.90. The molecule has 0 saturated carbocycles. The molecule has 0 aromatic heterocycles. The van der Waals surface area contributed by atoms with E-state index in [1.54, 1.807) is 4.90 Å². The van der Waals surface area contributed by atoms with Crippen molar-refractivity contribution in [2.75, 3.05) is 4.90 Å². The highest BCUT2D eigenvalue weighted by atomic mass is 16.2. The van der Waals surface area contributed by atoms with Gasteiger partial charge < -0.3 is 10.6 Å². The van der Waals surface area contributed by atoms with Gasteiger partial charge >= 0.3 is 0 Å². The number of carbonyl (C=O) groups excluding carboxylic acids is 1. The second kappa shape index (κ2) is 5.10. The summed E-state index contributed by atoms with van der Waals surface area (Å²) in [5, 5.41) is 0. The van der Waals surface area contributed by atoms with Gasteiger partial charge in [-0.2, -0.15) is 0 Å². The first-order chi connectivity index (χ1) is 9.72. The lowest BCUT2D eigenvalue weighted by atomic mass is 9.88. The minimum atomic E-state index is -0.442. The van der Waals surface area contributed by atoms with Crippen molar-refractivity contribution in [1.82, 2.24) is 0 Å². The number of aryl methyl sites for hydroxylation is 1. The number of nitrogens with two attached hydrogens (primary N) is 1. The van der Waals surface area contributed by atoms with Gasteiger partial charge in [-0.05, 0) is 29.7 Å². The van der Waals surface area contributed by atoms with Gasteiger partial charge in [-0.15, -0.1) is 0 Å². The first kappa shape index (κ1) is 12.9.